The summed E-state index contributed by atoms with van der Waals surface area (Å²) in [4.78, 5) is 25.6. The van der Waals surface area contributed by atoms with E-state index in [4.69, 9.17) is 4.74 Å². The summed E-state index contributed by atoms with van der Waals surface area (Å²) in [6, 6.07) is 14.0. The standard InChI is InChI=1S/C25H27FN4O2/c1-4-19-5-7-20(8-6-19)25(31)30-12-11-29(15-18(30)3)23-14-24(28-16-27-23)32-22-10-9-21(26)13-17(22)2/h5-10,13-14,16,18H,4,11-12,15H2,1-3H3/t18-/m0/s1. The molecule has 7 heteroatoms. The SMILES string of the molecule is CCc1ccc(C(=O)N2CCN(c3cc(Oc4ccc(F)cc4C)ncn3)C[C@@H]2C)cc1. The van der Waals surface area contributed by atoms with E-state index in [1.165, 1.54) is 24.0 Å². The average Bonchev–Trinajstić information content (AvgIpc) is 2.81. The van der Waals surface area contributed by atoms with E-state index in [-0.39, 0.29) is 17.8 Å². The van der Waals surface area contributed by atoms with Crippen molar-refractivity contribution in [1.29, 1.82) is 0 Å². The number of ether oxygens (including phenoxy) is 1. The van der Waals surface area contributed by atoms with Gasteiger partial charge in [-0.1, -0.05) is 19.1 Å². The number of hydrogen-bond acceptors (Lipinski definition) is 5. The second-order valence-electron chi connectivity index (χ2n) is 8.07. The van der Waals surface area contributed by atoms with Crippen LogP contribution in [0.2, 0.25) is 0 Å². The molecule has 1 aromatic heterocycles. The summed E-state index contributed by atoms with van der Waals surface area (Å²) in [7, 11) is 0. The lowest BCUT2D eigenvalue weighted by Crippen LogP contribution is -2.54. The number of aryl methyl sites for hydroxylation is 2. The number of halogens is 1. The predicted octanol–water partition coefficient (Wildman–Crippen LogP) is 4.63. The Labute approximate surface area is 187 Å². The molecule has 32 heavy (non-hydrogen) atoms. The molecule has 0 radical (unpaired) electrons. The quantitative estimate of drug-likeness (QED) is 0.586. The van der Waals surface area contributed by atoms with Crippen molar-refractivity contribution in [3.8, 4) is 11.6 Å². The number of piperazine rings is 1. The van der Waals surface area contributed by atoms with Crippen molar-refractivity contribution in [2.75, 3.05) is 24.5 Å². The molecular weight excluding hydrogens is 407 g/mol. The molecule has 1 saturated heterocycles. The molecule has 0 N–H and O–H groups in total. The summed E-state index contributed by atoms with van der Waals surface area (Å²) in [6.45, 7) is 7.86. The molecule has 2 heterocycles. The average molecular weight is 435 g/mol. The molecule has 1 aliphatic heterocycles. The van der Waals surface area contributed by atoms with Crippen LogP contribution in [0.25, 0.3) is 0 Å². The first-order chi connectivity index (χ1) is 15.4. The van der Waals surface area contributed by atoms with Crippen LogP contribution < -0.4 is 9.64 Å². The number of hydrogen-bond donors (Lipinski definition) is 0. The summed E-state index contributed by atoms with van der Waals surface area (Å²) in [5.74, 6) is 1.43. The van der Waals surface area contributed by atoms with Gasteiger partial charge >= 0.3 is 0 Å². The molecule has 2 aromatic carbocycles. The Kier molecular flexibility index (Phi) is 6.35. The Morgan fingerprint density at radius 3 is 2.59 bits per heavy atom. The number of amides is 1. The Morgan fingerprint density at radius 2 is 1.91 bits per heavy atom. The summed E-state index contributed by atoms with van der Waals surface area (Å²) in [5.41, 5.74) is 2.63. The molecule has 0 saturated carbocycles. The normalized spacial score (nSPS) is 16.2. The van der Waals surface area contributed by atoms with Gasteiger partial charge in [0.25, 0.3) is 5.91 Å². The van der Waals surface area contributed by atoms with E-state index < -0.39 is 0 Å². The molecule has 1 aliphatic rings. The topological polar surface area (TPSA) is 58.6 Å². The minimum Gasteiger partial charge on any atom is -0.439 e. The van der Waals surface area contributed by atoms with Crippen LogP contribution in [0, 0.1) is 12.7 Å². The molecule has 1 atom stereocenters. The highest BCUT2D eigenvalue weighted by atomic mass is 19.1. The van der Waals surface area contributed by atoms with Crippen LogP contribution in [0.1, 0.15) is 35.3 Å². The molecule has 0 aliphatic carbocycles. The van der Waals surface area contributed by atoms with Gasteiger partial charge in [-0.3, -0.25) is 4.79 Å². The zero-order valence-electron chi connectivity index (χ0n) is 18.6. The van der Waals surface area contributed by atoms with Gasteiger partial charge in [-0.25, -0.2) is 14.4 Å². The minimum atomic E-state index is -0.305. The van der Waals surface area contributed by atoms with Crippen LogP contribution in [0.4, 0.5) is 10.2 Å². The van der Waals surface area contributed by atoms with E-state index in [0.717, 1.165) is 17.8 Å². The van der Waals surface area contributed by atoms with Gasteiger partial charge in [-0.15, -0.1) is 0 Å². The van der Waals surface area contributed by atoms with Crippen LogP contribution in [0.5, 0.6) is 11.6 Å². The van der Waals surface area contributed by atoms with Gasteiger partial charge < -0.3 is 14.5 Å². The molecular formula is C25H27FN4O2. The fourth-order valence-electron chi connectivity index (χ4n) is 3.91. The highest BCUT2D eigenvalue weighted by Gasteiger charge is 2.29. The number of rotatable bonds is 5. The first-order valence-electron chi connectivity index (χ1n) is 10.9. The lowest BCUT2D eigenvalue weighted by Gasteiger charge is -2.40. The monoisotopic (exact) mass is 434 g/mol. The Hall–Kier alpha value is -3.48. The summed E-state index contributed by atoms with van der Waals surface area (Å²) >= 11 is 0. The molecule has 0 spiro atoms. The first-order valence-corrected chi connectivity index (χ1v) is 10.9. The number of anilines is 1. The maximum Gasteiger partial charge on any atom is 0.254 e. The number of carbonyl (C=O) groups excluding carboxylic acids is 1. The van der Waals surface area contributed by atoms with Gasteiger partial charge in [-0.2, -0.15) is 0 Å². The van der Waals surface area contributed by atoms with Gasteiger partial charge in [0.15, 0.2) is 0 Å². The van der Waals surface area contributed by atoms with Gasteiger partial charge in [0, 0.05) is 37.3 Å². The zero-order chi connectivity index (χ0) is 22.7. The van der Waals surface area contributed by atoms with Crippen LogP contribution in [-0.2, 0) is 6.42 Å². The van der Waals surface area contributed by atoms with Gasteiger partial charge in [0.2, 0.25) is 5.88 Å². The van der Waals surface area contributed by atoms with Crippen LogP contribution in [0.15, 0.2) is 54.9 Å². The number of carbonyl (C=O) groups is 1. The summed E-state index contributed by atoms with van der Waals surface area (Å²) < 4.78 is 19.2. The fourth-order valence-corrected chi connectivity index (χ4v) is 3.91. The van der Waals surface area contributed by atoms with Gasteiger partial charge in [0.05, 0.1) is 0 Å². The second kappa shape index (κ2) is 9.34. The number of nitrogens with zero attached hydrogens (tertiary/aromatic N) is 4. The van der Waals surface area contributed by atoms with E-state index in [1.54, 1.807) is 19.1 Å². The maximum absolute atomic E-state index is 13.3. The minimum absolute atomic E-state index is 0.0285. The van der Waals surface area contributed by atoms with Gasteiger partial charge in [-0.05, 0) is 61.7 Å². The zero-order valence-corrected chi connectivity index (χ0v) is 18.6. The third-order valence-corrected chi connectivity index (χ3v) is 5.80. The lowest BCUT2D eigenvalue weighted by atomic mass is 10.1. The molecule has 4 rings (SSSR count). The highest BCUT2D eigenvalue weighted by molar-refractivity contribution is 5.94. The number of benzene rings is 2. The third kappa shape index (κ3) is 4.72. The Balaban J connectivity index is 1.43. The van der Waals surface area contributed by atoms with Crippen molar-refractivity contribution in [2.45, 2.75) is 33.2 Å². The van der Waals surface area contributed by atoms with Crippen molar-refractivity contribution in [1.82, 2.24) is 14.9 Å². The summed E-state index contributed by atoms with van der Waals surface area (Å²) in [5, 5.41) is 0. The van der Waals surface area contributed by atoms with E-state index in [2.05, 4.69) is 21.8 Å². The lowest BCUT2D eigenvalue weighted by molar-refractivity contribution is 0.0673. The molecule has 166 valence electrons. The van der Waals surface area contributed by atoms with Gasteiger partial charge in [0.1, 0.15) is 23.7 Å². The van der Waals surface area contributed by atoms with Crippen molar-refractivity contribution in [2.24, 2.45) is 0 Å². The van der Waals surface area contributed by atoms with Crippen LogP contribution in [0.3, 0.4) is 0 Å². The molecule has 6 nitrogen and oxygen atoms in total. The maximum atomic E-state index is 13.3. The molecule has 1 fully saturated rings. The smallest absolute Gasteiger partial charge is 0.254 e. The molecule has 0 unspecified atom stereocenters. The molecule has 3 aromatic rings. The van der Waals surface area contributed by atoms with Crippen LogP contribution >= 0.6 is 0 Å². The van der Waals surface area contributed by atoms with Crippen molar-refractivity contribution in [3.63, 3.8) is 0 Å². The predicted molar refractivity (Wildman–Crippen MR) is 122 cm³/mol. The number of aromatic nitrogens is 2. The Morgan fingerprint density at radius 1 is 1.12 bits per heavy atom. The Bertz CT molecular complexity index is 1100. The highest BCUT2D eigenvalue weighted by Crippen LogP contribution is 2.27. The molecule has 0 bridgehead atoms. The van der Waals surface area contributed by atoms with Crippen molar-refractivity contribution in [3.05, 3.63) is 77.4 Å². The van der Waals surface area contributed by atoms with E-state index in [9.17, 15) is 9.18 Å². The van der Waals surface area contributed by atoms with Crippen LogP contribution in [-0.4, -0.2) is 46.5 Å². The molecule has 1 amide bonds. The van der Waals surface area contributed by atoms with Crippen molar-refractivity contribution >= 4 is 11.7 Å². The summed E-state index contributed by atoms with van der Waals surface area (Å²) in [6.07, 6.45) is 2.41. The third-order valence-electron chi connectivity index (χ3n) is 5.80. The van der Waals surface area contributed by atoms with E-state index in [0.29, 0.717) is 36.8 Å². The van der Waals surface area contributed by atoms with E-state index >= 15 is 0 Å². The van der Waals surface area contributed by atoms with E-state index in [1.807, 2.05) is 36.1 Å². The van der Waals surface area contributed by atoms with Crippen molar-refractivity contribution < 1.29 is 13.9 Å². The first kappa shape index (κ1) is 21.7. The fraction of sp³-hybridized carbons (Fsp3) is 0.320. The second-order valence-corrected chi connectivity index (χ2v) is 8.07. The largest absolute Gasteiger partial charge is 0.439 e.